The van der Waals surface area contributed by atoms with E-state index in [2.05, 4.69) is 5.32 Å². The lowest BCUT2D eigenvalue weighted by Crippen LogP contribution is -2.41. The summed E-state index contributed by atoms with van der Waals surface area (Å²) in [5.74, 6) is 0.631. The molecule has 1 saturated carbocycles. The van der Waals surface area contributed by atoms with Gasteiger partial charge in [0.15, 0.2) is 9.84 Å². The van der Waals surface area contributed by atoms with Crippen LogP contribution in [0.3, 0.4) is 0 Å². The summed E-state index contributed by atoms with van der Waals surface area (Å²) in [7, 11) is -2.77. The molecular weight excluding hydrogens is 214 g/mol. The van der Waals surface area contributed by atoms with Crippen LogP contribution >= 0.6 is 0 Å². The number of hydrogen-bond acceptors (Lipinski definition) is 4. The van der Waals surface area contributed by atoms with Gasteiger partial charge in [0.2, 0.25) is 0 Å². The van der Waals surface area contributed by atoms with Gasteiger partial charge >= 0.3 is 0 Å². The Balaban J connectivity index is 1.78. The van der Waals surface area contributed by atoms with E-state index >= 15 is 0 Å². The van der Waals surface area contributed by atoms with Gasteiger partial charge in [-0.3, -0.25) is 0 Å². The Morgan fingerprint density at radius 3 is 2.20 bits per heavy atom. The van der Waals surface area contributed by atoms with Crippen LogP contribution in [0, 0.1) is 0 Å². The highest BCUT2D eigenvalue weighted by atomic mass is 32.2. The molecule has 4 nitrogen and oxygen atoms in total. The van der Waals surface area contributed by atoms with E-state index in [1.807, 2.05) is 0 Å². The topological polar surface area (TPSA) is 66.4 Å². The second-order valence-corrected chi connectivity index (χ2v) is 7.00. The summed E-state index contributed by atoms with van der Waals surface area (Å²) in [6.07, 6.45) is 4.24. The van der Waals surface area contributed by atoms with E-state index in [4.69, 9.17) is 0 Å². The lowest BCUT2D eigenvalue weighted by Gasteiger charge is -2.28. The van der Waals surface area contributed by atoms with Gasteiger partial charge in [0.1, 0.15) is 0 Å². The highest BCUT2D eigenvalue weighted by Gasteiger charge is 2.30. The Morgan fingerprint density at radius 1 is 1.00 bits per heavy atom. The van der Waals surface area contributed by atoms with Gasteiger partial charge in [0, 0.05) is 12.1 Å². The van der Waals surface area contributed by atoms with Crippen LogP contribution in [0.4, 0.5) is 0 Å². The zero-order valence-corrected chi connectivity index (χ0v) is 9.67. The smallest absolute Gasteiger partial charge is 0.151 e. The van der Waals surface area contributed by atoms with Crippen LogP contribution in [0.25, 0.3) is 0 Å². The zero-order valence-electron chi connectivity index (χ0n) is 8.85. The average molecular weight is 233 g/mol. The van der Waals surface area contributed by atoms with Crippen molar-refractivity contribution in [2.24, 2.45) is 0 Å². The molecule has 0 amide bonds. The van der Waals surface area contributed by atoms with Gasteiger partial charge < -0.3 is 10.4 Å². The molecule has 88 valence electrons. The largest absolute Gasteiger partial charge is 0.393 e. The number of aliphatic hydroxyl groups excluding tert-OH is 1. The first-order valence-corrected chi connectivity index (χ1v) is 7.52. The molecule has 0 bridgehead atoms. The van der Waals surface area contributed by atoms with Crippen molar-refractivity contribution in [2.75, 3.05) is 11.5 Å². The molecule has 0 aromatic rings. The minimum absolute atomic E-state index is 0.143. The maximum atomic E-state index is 11.3. The van der Waals surface area contributed by atoms with Crippen molar-refractivity contribution in [3.05, 3.63) is 0 Å². The molecule has 1 unspecified atom stereocenters. The fourth-order valence-corrected chi connectivity index (χ4v) is 4.19. The van der Waals surface area contributed by atoms with Crippen LogP contribution in [0.5, 0.6) is 0 Å². The molecule has 5 heteroatoms. The zero-order chi connectivity index (χ0) is 10.9. The van der Waals surface area contributed by atoms with Gasteiger partial charge in [0.05, 0.1) is 17.6 Å². The maximum Gasteiger partial charge on any atom is 0.151 e. The van der Waals surface area contributed by atoms with Crippen molar-refractivity contribution in [1.29, 1.82) is 0 Å². The van der Waals surface area contributed by atoms with Crippen LogP contribution in [0.1, 0.15) is 32.1 Å². The lowest BCUT2D eigenvalue weighted by molar-refractivity contribution is 0.115. The summed E-state index contributed by atoms with van der Waals surface area (Å²) < 4.78 is 22.5. The third-order valence-corrected chi connectivity index (χ3v) is 5.17. The van der Waals surface area contributed by atoms with E-state index < -0.39 is 9.84 Å². The van der Waals surface area contributed by atoms with Gasteiger partial charge in [-0.15, -0.1) is 0 Å². The maximum absolute atomic E-state index is 11.3. The van der Waals surface area contributed by atoms with Crippen molar-refractivity contribution in [3.8, 4) is 0 Å². The monoisotopic (exact) mass is 233 g/mol. The molecule has 15 heavy (non-hydrogen) atoms. The average Bonchev–Trinajstić information content (AvgIpc) is 2.50. The summed E-state index contributed by atoms with van der Waals surface area (Å²) in [4.78, 5) is 0. The van der Waals surface area contributed by atoms with Crippen LogP contribution in [-0.2, 0) is 9.84 Å². The van der Waals surface area contributed by atoms with Crippen LogP contribution < -0.4 is 5.32 Å². The Bertz CT molecular complexity index is 307. The van der Waals surface area contributed by atoms with Crippen molar-refractivity contribution >= 4 is 9.84 Å². The first-order chi connectivity index (χ1) is 7.05. The Morgan fingerprint density at radius 2 is 1.67 bits per heavy atom. The number of nitrogens with one attached hydrogen (secondary N) is 1. The summed E-state index contributed by atoms with van der Waals surface area (Å²) >= 11 is 0. The normalized spacial score (nSPS) is 40.5. The van der Waals surface area contributed by atoms with Gasteiger partial charge in [0.25, 0.3) is 0 Å². The SMILES string of the molecule is O=S1(=O)CCC(NC2CCC(O)CC2)C1. The van der Waals surface area contributed by atoms with Gasteiger partial charge in [-0.05, 0) is 32.1 Å². The molecule has 0 aromatic carbocycles. The molecule has 0 aromatic heterocycles. The van der Waals surface area contributed by atoms with Gasteiger partial charge in [-0.2, -0.15) is 0 Å². The Kier molecular flexibility index (Phi) is 3.33. The molecule has 1 aliphatic carbocycles. The predicted octanol–water partition coefficient (Wildman–Crippen LogP) is 0.0666. The highest BCUT2D eigenvalue weighted by molar-refractivity contribution is 7.91. The van der Waals surface area contributed by atoms with Crippen LogP contribution in [-0.4, -0.2) is 43.2 Å². The fraction of sp³-hybridized carbons (Fsp3) is 1.00. The Hall–Kier alpha value is -0.130. The summed E-state index contributed by atoms with van der Waals surface area (Å²) in [6, 6.07) is 0.557. The molecule has 2 N–H and O–H groups in total. The number of sulfone groups is 1. The Labute approximate surface area is 91.0 Å². The second-order valence-electron chi connectivity index (χ2n) is 4.77. The molecule has 0 spiro atoms. The first-order valence-electron chi connectivity index (χ1n) is 5.70. The van der Waals surface area contributed by atoms with Crippen molar-refractivity contribution < 1.29 is 13.5 Å². The van der Waals surface area contributed by atoms with E-state index in [0.29, 0.717) is 17.5 Å². The lowest BCUT2D eigenvalue weighted by atomic mass is 9.92. The third kappa shape index (κ3) is 3.16. The van der Waals surface area contributed by atoms with E-state index in [0.717, 1.165) is 32.1 Å². The molecule has 1 atom stereocenters. The van der Waals surface area contributed by atoms with Gasteiger partial charge in [-0.1, -0.05) is 0 Å². The van der Waals surface area contributed by atoms with Crippen LogP contribution in [0.15, 0.2) is 0 Å². The number of aliphatic hydroxyl groups is 1. The molecular formula is C10H19NO3S. The molecule has 2 aliphatic rings. The quantitative estimate of drug-likeness (QED) is 0.708. The molecule has 1 heterocycles. The molecule has 0 radical (unpaired) electrons. The molecule has 2 fully saturated rings. The second kappa shape index (κ2) is 4.39. The minimum atomic E-state index is -2.77. The minimum Gasteiger partial charge on any atom is -0.393 e. The van der Waals surface area contributed by atoms with Crippen molar-refractivity contribution in [1.82, 2.24) is 5.32 Å². The summed E-state index contributed by atoms with van der Waals surface area (Å²) in [6.45, 7) is 0. The van der Waals surface area contributed by atoms with E-state index in [9.17, 15) is 13.5 Å². The number of rotatable bonds is 2. The van der Waals surface area contributed by atoms with Gasteiger partial charge in [-0.25, -0.2) is 8.42 Å². The third-order valence-electron chi connectivity index (χ3n) is 3.40. The standard InChI is InChI=1S/C10H19NO3S/c12-10-3-1-8(2-4-10)11-9-5-6-15(13,14)7-9/h8-12H,1-7H2. The van der Waals surface area contributed by atoms with E-state index in [1.165, 1.54) is 0 Å². The summed E-state index contributed by atoms with van der Waals surface area (Å²) in [5.41, 5.74) is 0. The molecule has 1 saturated heterocycles. The highest BCUT2D eigenvalue weighted by Crippen LogP contribution is 2.20. The predicted molar refractivity (Wildman–Crippen MR) is 58.5 cm³/mol. The first kappa shape index (κ1) is 11.4. The molecule has 2 rings (SSSR count). The van der Waals surface area contributed by atoms with Crippen molar-refractivity contribution in [3.63, 3.8) is 0 Å². The fourth-order valence-electron chi connectivity index (χ4n) is 2.50. The summed E-state index contributed by atoms with van der Waals surface area (Å²) in [5, 5.41) is 12.8. The molecule has 1 aliphatic heterocycles. The van der Waals surface area contributed by atoms with E-state index in [-0.39, 0.29) is 12.1 Å². The van der Waals surface area contributed by atoms with Crippen LogP contribution in [0.2, 0.25) is 0 Å². The number of hydrogen-bond donors (Lipinski definition) is 2. The van der Waals surface area contributed by atoms with Crippen molar-refractivity contribution in [2.45, 2.75) is 50.3 Å². The van der Waals surface area contributed by atoms with E-state index in [1.54, 1.807) is 0 Å².